The van der Waals surface area contributed by atoms with Gasteiger partial charge in [0.05, 0.1) is 18.8 Å². The number of morpholine rings is 1. The van der Waals surface area contributed by atoms with Gasteiger partial charge in [0.1, 0.15) is 5.75 Å². The van der Waals surface area contributed by atoms with Crippen molar-refractivity contribution in [3.63, 3.8) is 0 Å². The number of hydrogen-bond donors (Lipinski definition) is 0. The van der Waals surface area contributed by atoms with Crippen LogP contribution in [0, 0.1) is 0 Å². The molecule has 2 fully saturated rings. The van der Waals surface area contributed by atoms with Crippen LogP contribution in [0.25, 0.3) is 0 Å². The summed E-state index contributed by atoms with van der Waals surface area (Å²) in [6, 6.07) is 5.96. The number of hydrogen-bond acceptors (Lipinski definition) is 4. The zero-order valence-electron chi connectivity index (χ0n) is 13.7. The predicted octanol–water partition coefficient (Wildman–Crippen LogP) is 2.22. The third-order valence-corrected chi connectivity index (χ3v) is 4.74. The Hall–Kier alpha value is -1.73. The largest absolute Gasteiger partial charge is 0.435 e. The predicted molar refractivity (Wildman–Crippen MR) is 84.4 cm³/mol. The second-order valence-corrected chi connectivity index (χ2v) is 6.47. The Kier molecular flexibility index (Phi) is 5.01. The van der Waals surface area contributed by atoms with Crippen LogP contribution in [0.5, 0.6) is 5.75 Å². The summed E-state index contributed by atoms with van der Waals surface area (Å²) in [4.78, 5) is 16.8. The van der Waals surface area contributed by atoms with Gasteiger partial charge in [0.15, 0.2) is 0 Å². The monoisotopic (exact) mass is 340 g/mol. The second-order valence-electron chi connectivity index (χ2n) is 6.47. The van der Waals surface area contributed by atoms with E-state index in [1.54, 1.807) is 17.0 Å². The Morgan fingerprint density at radius 2 is 2.04 bits per heavy atom. The molecule has 2 heterocycles. The fourth-order valence-electron chi connectivity index (χ4n) is 3.33. The highest BCUT2D eigenvalue weighted by molar-refractivity contribution is 5.94. The van der Waals surface area contributed by atoms with Gasteiger partial charge in [-0.15, -0.1) is 0 Å². The maximum absolute atomic E-state index is 12.7. The van der Waals surface area contributed by atoms with Crippen LogP contribution in [-0.2, 0) is 4.74 Å². The van der Waals surface area contributed by atoms with Crippen molar-refractivity contribution in [3.05, 3.63) is 29.8 Å². The first-order valence-electron chi connectivity index (χ1n) is 8.14. The number of piperidine rings is 1. The SMILES string of the molecule is CN1CCC2(CC1)CN(C(=O)c1cccc(OC(F)F)c1)CCO2. The maximum Gasteiger partial charge on any atom is 0.387 e. The smallest absolute Gasteiger partial charge is 0.387 e. The van der Waals surface area contributed by atoms with E-state index in [0.29, 0.717) is 25.3 Å². The molecule has 0 saturated carbocycles. The number of alkyl halides is 2. The molecule has 2 aliphatic rings. The van der Waals surface area contributed by atoms with Gasteiger partial charge < -0.3 is 19.3 Å². The average molecular weight is 340 g/mol. The minimum absolute atomic E-state index is 0.00175. The van der Waals surface area contributed by atoms with E-state index in [-0.39, 0.29) is 17.3 Å². The number of rotatable bonds is 3. The molecule has 1 amide bonds. The van der Waals surface area contributed by atoms with Gasteiger partial charge in [0, 0.05) is 25.2 Å². The molecule has 3 rings (SSSR count). The molecule has 0 N–H and O–H groups in total. The van der Waals surface area contributed by atoms with Crippen molar-refractivity contribution in [2.24, 2.45) is 0 Å². The van der Waals surface area contributed by atoms with Crippen molar-refractivity contribution in [2.75, 3.05) is 39.8 Å². The molecule has 1 aromatic rings. The highest BCUT2D eigenvalue weighted by atomic mass is 19.3. The molecule has 7 heteroatoms. The normalized spacial score (nSPS) is 21.2. The molecule has 24 heavy (non-hydrogen) atoms. The molecule has 1 spiro atoms. The van der Waals surface area contributed by atoms with E-state index >= 15 is 0 Å². The molecule has 2 aliphatic heterocycles. The first-order chi connectivity index (χ1) is 11.5. The number of amides is 1. The van der Waals surface area contributed by atoms with Gasteiger partial charge in [0.25, 0.3) is 5.91 Å². The van der Waals surface area contributed by atoms with Crippen LogP contribution in [0.3, 0.4) is 0 Å². The lowest BCUT2D eigenvalue weighted by atomic mass is 9.89. The summed E-state index contributed by atoms with van der Waals surface area (Å²) < 4.78 is 35.1. The zero-order chi connectivity index (χ0) is 17.2. The summed E-state index contributed by atoms with van der Waals surface area (Å²) in [5.41, 5.74) is 0.0791. The number of ether oxygens (including phenoxy) is 2. The molecule has 1 aromatic carbocycles. The molecule has 0 unspecified atom stereocenters. The number of benzene rings is 1. The zero-order valence-corrected chi connectivity index (χ0v) is 13.7. The molecule has 0 aromatic heterocycles. The Labute approximate surface area is 140 Å². The Morgan fingerprint density at radius 3 is 2.75 bits per heavy atom. The summed E-state index contributed by atoms with van der Waals surface area (Å²) in [5, 5.41) is 0. The van der Waals surface area contributed by atoms with Gasteiger partial charge in [-0.05, 0) is 38.1 Å². The number of halogens is 2. The van der Waals surface area contributed by atoms with Crippen molar-refractivity contribution in [2.45, 2.75) is 25.1 Å². The first kappa shape index (κ1) is 17.1. The minimum atomic E-state index is -2.90. The van der Waals surface area contributed by atoms with Crippen LogP contribution in [0.4, 0.5) is 8.78 Å². The maximum atomic E-state index is 12.7. The van der Waals surface area contributed by atoms with Gasteiger partial charge in [-0.2, -0.15) is 8.78 Å². The lowest BCUT2D eigenvalue weighted by Gasteiger charge is -2.46. The van der Waals surface area contributed by atoms with Crippen molar-refractivity contribution < 1.29 is 23.0 Å². The van der Waals surface area contributed by atoms with Gasteiger partial charge in [-0.1, -0.05) is 6.07 Å². The van der Waals surface area contributed by atoms with E-state index in [1.807, 2.05) is 0 Å². The molecule has 5 nitrogen and oxygen atoms in total. The topological polar surface area (TPSA) is 42.0 Å². The third-order valence-electron chi connectivity index (χ3n) is 4.74. The van der Waals surface area contributed by atoms with Crippen molar-refractivity contribution in [1.82, 2.24) is 9.80 Å². The van der Waals surface area contributed by atoms with Crippen molar-refractivity contribution in [3.8, 4) is 5.75 Å². The summed E-state index contributed by atoms with van der Waals surface area (Å²) in [6.07, 6.45) is 1.78. The van der Waals surface area contributed by atoms with E-state index in [4.69, 9.17) is 4.74 Å². The van der Waals surface area contributed by atoms with Crippen LogP contribution < -0.4 is 4.74 Å². The van der Waals surface area contributed by atoms with E-state index in [2.05, 4.69) is 16.7 Å². The second kappa shape index (κ2) is 7.03. The average Bonchev–Trinajstić information content (AvgIpc) is 2.57. The molecule has 2 saturated heterocycles. The summed E-state index contributed by atoms with van der Waals surface area (Å²) >= 11 is 0. The Bertz CT molecular complexity index is 589. The molecule has 0 radical (unpaired) electrons. The summed E-state index contributed by atoms with van der Waals surface area (Å²) in [7, 11) is 2.08. The standard InChI is InChI=1S/C17H22F2N2O3/c1-20-7-5-17(6-8-20)12-21(9-10-23-17)15(22)13-3-2-4-14(11-13)24-16(18)19/h2-4,11,16H,5-10,12H2,1H3. The van der Waals surface area contributed by atoms with Gasteiger partial charge in [-0.25, -0.2) is 0 Å². The Balaban J connectivity index is 1.70. The first-order valence-corrected chi connectivity index (χ1v) is 8.14. The number of carbonyl (C=O) groups is 1. The minimum Gasteiger partial charge on any atom is -0.435 e. The quantitative estimate of drug-likeness (QED) is 0.846. The van der Waals surface area contributed by atoms with Crippen LogP contribution in [-0.4, -0.2) is 67.8 Å². The van der Waals surface area contributed by atoms with Crippen molar-refractivity contribution >= 4 is 5.91 Å². The molecular formula is C17H22F2N2O3. The van der Waals surface area contributed by atoms with Crippen LogP contribution >= 0.6 is 0 Å². The van der Waals surface area contributed by atoms with Gasteiger partial charge in [-0.3, -0.25) is 4.79 Å². The lowest BCUT2D eigenvalue weighted by Crippen LogP contribution is -2.57. The van der Waals surface area contributed by atoms with E-state index < -0.39 is 6.61 Å². The lowest BCUT2D eigenvalue weighted by molar-refractivity contribution is -0.125. The molecule has 0 aliphatic carbocycles. The molecule has 132 valence electrons. The van der Waals surface area contributed by atoms with Crippen LogP contribution in [0.1, 0.15) is 23.2 Å². The summed E-state index contributed by atoms with van der Waals surface area (Å²) in [6.45, 7) is 0.541. The molecule has 0 atom stereocenters. The number of nitrogens with zero attached hydrogens (tertiary/aromatic N) is 2. The number of carbonyl (C=O) groups excluding carboxylic acids is 1. The summed E-state index contributed by atoms with van der Waals surface area (Å²) in [5.74, 6) is -0.172. The molecule has 0 bridgehead atoms. The van der Waals surface area contributed by atoms with E-state index in [0.717, 1.165) is 25.9 Å². The van der Waals surface area contributed by atoms with E-state index in [1.165, 1.54) is 12.1 Å². The fraction of sp³-hybridized carbons (Fsp3) is 0.588. The van der Waals surface area contributed by atoms with Gasteiger partial charge in [0.2, 0.25) is 0 Å². The third kappa shape index (κ3) is 3.84. The molecular weight excluding hydrogens is 318 g/mol. The highest BCUT2D eigenvalue weighted by Gasteiger charge is 2.40. The fourth-order valence-corrected chi connectivity index (χ4v) is 3.33. The van der Waals surface area contributed by atoms with Crippen LogP contribution in [0.2, 0.25) is 0 Å². The number of likely N-dealkylation sites (tertiary alicyclic amines) is 1. The van der Waals surface area contributed by atoms with Crippen LogP contribution in [0.15, 0.2) is 24.3 Å². The Morgan fingerprint density at radius 1 is 1.29 bits per heavy atom. The van der Waals surface area contributed by atoms with Crippen molar-refractivity contribution in [1.29, 1.82) is 0 Å². The van der Waals surface area contributed by atoms with E-state index in [9.17, 15) is 13.6 Å². The highest BCUT2D eigenvalue weighted by Crippen LogP contribution is 2.30. The van der Waals surface area contributed by atoms with Gasteiger partial charge >= 0.3 is 6.61 Å².